The van der Waals surface area contributed by atoms with E-state index in [1.807, 2.05) is 6.07 Å². The molecule has 3 rings (SSSR count). The summed E-state index contributed by atoms with van der Waals surface area (Å²) in [7, 11) is 1.77. The quantitative estimate of drug-likeness (QED) is 0.669. The monoisotopic (exact) mass is 419 g/mol. The molecule has 0 unspecified atom stereocenters. The minimum absolute atomic E-state index is 0.0000580. The smallest absolute Gasteiger partial charge is 0.264 e. The Hall–Kier alpha value is -2.69. The lowest BCUT2D eigenvalue weighted by Crippen LogP contribution is -2.17. The highest BCUT2D eigenvalue weighted by atomic mass is 32.2. The number of nitrogens with zero attached hydrogens (tertiary/aromatic N) is 5. The second kappa shape index (κ2) is 8.13. The van der Waals surface area contributed by atoms with E-state index in [9.17, 15) is 18.4 Å². The van der Waals surface area contributed by atoms with E-state index < -0.39 is 11.7 Å². The lowest BCUT2D eigenvalue weighted by molar-refractivity contribution is -0.137. The molecule has 0 saturated carbocycles. The third-order valence-corrected chi connectivity index (χ3v) is 5.80. The van der Waals surface area contributed by atoms with Crippen LogP contribution in [0, 0.1) is 23.2 Å². The van der Waals surface area contributed by atoms with Crippen LogP contribution in [0.3, 0.4) is 0 Å². The number of hydrogen-bond acceptors (Lipinski definition) is 7. The van der Waals surface area contributed by atoms with E-state index in [0.717, 1.165) is 17.8 Å². The number of anilines is 1. The Balaban J connectivity index is 1.76. The molecule has 0 aliphatic carbocycles. The maximum Gasteiger partial charge on any atom is 0.416 e. The first-order chi connectivity index (χ1) is 13.3. The largest absolute Gasteiger partial charge is 0.416 e. The van der Waals surface area contributed by atoms with Crippen LogP contribution in [0.15, 0.2) is 34.4 Å². The second-order valence-electron chi connectivity index (χ2n) is 5.56. The van der Waals surface area contributed by atoms with E-state index in [-0.39, 0.29) is 5.56 Å². The van der Waals surface area contributed by atoms with Gasteiger partial charge in [0.2, 0.25) is 0 Å². The number of nitriles is 1. The molecule has 142 valence electrons. The second-order valence-corrected chi connectivity index (χ2v) is 7.76. The average molecular weight is 419 g/mol. The number of hydrogen-bond donors (Lipinski definition) is 0. The summed E-state index contributed by atoms with van der Waals surface area (Å²) in [4.78, 5) is 0. The molecule has 1 aliphatic heterocycles. The summed E-state index contributed by atoms with van der Waals surface area (Å²) in [6.45, 7) is 1.71. The first-order valence-corrected chi connectivity index (χ1v) is 9.65. The molecule has 0 saturated heterocycles. The first-order valence-electron chi connectivity index (χ1n) is 7.85. The van der Waals surface area contributed by atoms with E-state index >= 15 is 0 Å². The van der Waals surface area contributed by atoms with Gasteiger partial charge in [0.1, 0.15) is 5.69 Å². The summed E-state index contributed by atoms with van der Waals surface area (Å²) in [6.07, 6.45) is -4.48. The molecule has 0 N–H and O–H groups in total. The molecule has 0 spiro atoms. The molecule has 1 aromatic heterocycles. The zero-order valence-electron chi connectivity index (χ0n) is 14.7. The molecular weight excluding hydrogens is 407 g/mol. The molecule has 0 amide bonds. The van der Waals surface area contributed by atoms with Crippen molar-refractivity contribution in [3.05, 3.63) is 46.6 Å². The summed E-state index contributed by atoms with van der Waals surface area (Å²) >= 11 is 2.63. The van der Waals surface area contributed by atoms with Crippen LogP contribution in [0.25, 0.3) is 0 Å². The zero-order chi connectivity index (χ0) is 20.3. The Morgan fingerprint density at radius 2 is 2.04 bits per heavy atom. The number of hydrazone groups is 1. The summed E-state index contributed by atoms with van der Waals surface area (Å²) in [5.41, 5.74) is 0.992. The van der Waals surface area contributed by atoms with Crippen LogP contribution in [-0.4, -0.2) is 21.6 Å². The molecule has 0 atom stereocenters. The van der Waals surface area contributed by atoms with E-state index in [2.05, 4.69) is 27.1 Å². The van der Waals surface area contributed by atoms with Crippen LogP contribution in [0.2, 0.25) is 0 Å². The van der Waals surface area contributed by atoms with Crippen molar-refractivity contribution in [1.82, 2.24) is 10.2 Å². The highest BCUT2D eigenvalue weighted by Crippen LogP contribution is 2.38. The molecule has 0 fully saturated rings. The topological polar surface area (TPSA) is 65.2 Å². The fraction of sp³-hybridized carbons (Fsp3) is 0.222. The minimum Gasteiger partial charge on any atom is -0.264 e. The molecule has 2 aromatic rings. The molecular formula is C18H12F3N5S2. The van der Waals surface area contributed by atoms with Crippen molar-refractivity contribution in [3.63, 3.8) is 0 Å². The van der Waals surface area contributed by atoms with Crippen molar-refractivity contribution in [2.75, 3.05) is 12.1 Å². The van der Waals surface area contributed by atoms with Gasteiger partial charge in [0.25, 0.3) is 0 Å². The van der Waals surface area contributed by atoms with Gasteiger partial charge in [0.15, 0.2) is 9.40 Å². The molecule has 1 aromatic carbocycles. The highest BCUT2D eigenvalue weighted by Gasteiger charge is 2.31. The maximum atomic E-state index is 12.8. The van der Waals surface area contributed by atoms with Crippen molar-refractivity contribution in [2.45, 2.75) is 23.9 Å². The van der Waals surface area contributed by atoms with Crippen LogP contribution in [0.4, 0.5) is 18.9 Å². The summed E-state index contributed by atoms with van der Waals surface area (Å²) in [5.74, 6) is 5.91. The van der Waals surface area contributed by atoms with Gasteiger partial charge in [0.05, 0.1) is 22.9 Å². The third-order valence-electron chi connectivity index (χ3n) is 3.67. The first kappa shape index (κ1) is 20.1. The van der Waals surface area contributed by atoms with Gasteiger partial charge in [-0.3, -0.25) is 5.01 Å². The van der Waals surface area contributed by atoms with Gasteiger partial charge < -0.3 is 0 Å². The summed E-state index contributed by atoms with van der Waals surface area (Å²) in [6, 6.07) is 6.81. The Morgan fingerprint density at radius 3 is 2.71 bits per heavy atom. The minimum atomic E-state index is -4.48. The van der Waals surface area contributed by atoms with E-state index in [1.165, 1.54) is 29.6 Å². The average Bonchev–Trinajstić information content (AvgIpc) is 2.66. The number of alkyl halides is 3. The Bertz CT molecular complexity index is 1050. The van der Waals surface area contributed by atoms with Crippen molar-refractivity contribution in [3.8, 4) is 17.9 Å². The van der Waals surface area contributed by atoms with Gasteiger partial charge >= 0.3 is 6.18 Å². The van der Waals surface area contributed by atoms with Crippen molar-refractivity contribution >= 4 is 33.6 Å². The SMILES string of the molecule is CC#Cc1cc2c(nn1)SC(SCc1ccc(C(F)(F)F)cc1C#N)=NN2C. The van der Waals surface area contributed by atoms with E-state index in [0.29, 0.717) is 26.4 Å². The predicted octanol–water partition coefficient (Wildman–Crippen LogP) is 4.48. The Morgan fingerprint density at radius 1 is 1.25 bits per heavy atom. The Labute approximate surface area is 168 Å². The standard InChI is InChI=1S/C18H12F3N5S2/c1-3-4-14-8-15-16(24-23-14)28-17(25-26(15)2)27-10-11-5-6-13(18(19,20)21)7-12(11)9-22/h5-8H,10H2,1-2H3. The van der Waals surface area contributed by atoms with Crippen molar-refractivity contribution in [1.29, 1.82) is 5.26 Å². The highest BCUT2D eigenvalue weighted by molar-refractivity contribution is 8.38. The van der Waals surface area contributed by atoms with Crippen molar-refractivity contribution in [2.24, 2.45) is 5.10 Å². The molecule has 0 radical (unpaired) electrons. The van der Waals surface area contributed by atoms with Crippen LogP contribution in [0.5, 0.6) is 0 Å². The van der Waals surface area contributed by atoms with Gasteiger partial charge in [-0.1, -0.05) is 23.7 Å². The fourth-order valence-electron chi connectivity index (χ4n) is 2.32. The lowest BCUT2D eigenvalue weighted by Gasteiger charge is -2.22. The van der Waals surface area contributed by atoms with Crippen molar-refractivity contribution < 1.29 is 13.2 Å². The molecule has 0 bridgehead atoms. The maximum absolute atomic E-state index is 12.8. The molecule has 5 nitrogen and oxygen atoms in total. The van der Waals surface area contributed by atoms with Gasteiger partial charge in [-0.25, -0.2) is 0 Å². The number of halogens is 3. The normalized spacial score (nSPS) is 13.1. The van der Waals surface area contributed by atoms with Gasteiger partial charge in [0, 0.05) is 18.9 Å². The van der Waals surface area contributed by atoms with Crippen LogP contribution in [-0.2, 0) is 11.9 Å². The number of thioether (sulfide) groups is 2. The van der Waals surface area contributed by atoms with Crippen LogP contribution >= 0.6 is 23.5 Å². The summed E-state index contributed by atoms with van der Waals surface area (Å²) < 4.78 is 39.1. The number of aromatic nitrogens is 2. The fourth-order valence-corrected chi connectivity index (χ4v) is 4.39. The molecule has 2 heterocycles. The van der Waals surface area contributed by atoms with E-state index in [1.54, 1.807) is 25.0 Å². The van der Waals surface area contributed by atoms with E-state index in [4.69, 9.17) is 0 Å². The zero-order valence-corrected chi connectivity index (χ0v) is 16.3. The Kier molecular flexibility index (Phi) is 5.82. The van der Waals surface area contributed by atoms with Gasteiger partial charge in [-0.15, -0.1) is 10.2 Å². The molecule has 10 heteroatoms. The third kappa shape index (κ3) is 4.41. The summed E-state index contributed by atoms with van der Waals surface area (Å²) in [5, 5.41) is 24.2. The van der Waals surface area contributed by atoms with Crippen LogP contribution in [0.1, 0.15) is 29.3 Å². The van der Waals surface area contributed by atoms with Crippen LogP contribution < -0.4 is 5.01 Å². The molecule has 28 heavy (non-hydrogen) atoms. The van der Waals surface area contributed by atoms with Gasteiger partial charge in [-0.05, 0) is 42.3 Å². The predicted molar refractivity (Wildman–Crippen MR) is 104 cm³/mol. The number of fused-ring (bicyclic) bond motifs is 1. The van der Waals surface area contributed by atoms with Gasteiger partial charge in [-0.2, -0.15) is 23.5 Å². The lowest BCUT2D eigenvalue weighted by atomic mass is 10.1. The number of benzene rings is 1. The number of rotatable bonds is 2. The molecule has 1 aliphatic rings.